The minimum atomic E-state index is -1.15. The number of benzene rings is 3. The molecule has 3 aromatic rings. The largest absolute Gasteiger partial charge is 0.545 e. The number of carbonyl (C=O) groups excluding carboxylic acids is 1. The highest BCUT2D eigenvalue weighted by Gasteiger charge is 2.07. The van der Waals surface area contributed by atoms with Crippen molar-refractivity contribution in [3.8, 4) is 11.5 Å². The molecule has 0 atom stereocenters. The van der Waals surface area contributed by atoms with E-state index in [1.165, 1.54) is 5.56 Å². The van der Waals surface area contributed by atoms with E-state index in [2.05, 4.69) is 17.4 Å². The number of carboxylic acids is 1. The quantitative estimate of drug-likeness (QED) is 0.573. The summed E-state index contributed by atoms with van der Waals surface area (Å²) in [5.74, 6) is 0.311. The Morgan fingerprint density at radius 1 is 0.862 bits per heavy atom. The van der Waals surface area contributed by atoms with Crippen LogP contribution in [0.1, 0.15) is 27.0 Å². The molecule has 0 aliphatic heterocycles. The Hall–Kier alpha value is -3.31. The van der Waals surface area contributed by atoms with E-state index in [1.54, 1.807) is 19.2 Å². The van der Waals surface area contributed by atoms with Crippen molar-refractivity contribution in [3.05, 3.63) is 95.1 Å². The fourth-order valence-electron chi connectivity index (χ4n) is 3.06. The first-order chi connectivity index (χ1) is 14.2. The van der Waals surface area contributed by atoms with Gasteiger partial charge in [-0.2, -0.15) is 0 Å². The Labute approximate surface area is 170 Å². The zero-order valence-electron chi connectivity index (χ0n) is 16.5. The van der Waals surface area contributed by atoms with Gasteiger partial charge in [0.1, 0.15) is 13.1 Å². The number of aromatic carboxylic acids is 1. The maximum absolute atomic E-state index is 10.8. The summed E-state index contributed by atoms with van der Waals surface area (Å²) in [6.07, 6.45) is 0.844. The second kappa shape index (κ2) is 10.3. The maximum Gasteiger partial charge on any atom is 0.161 e. The van der Waals surface area contributed by atoms with E-state index in [0.717, 1.165) is 42.1 Å². The maximum atomic E-state index is 10.8. The van der Waals surface area contributed by atoms with E-state index in [9.17, 15) is 9.90 Å². The van der Waals surface area contributed by atoms with Gasteiger partial charge in [0.15, 0.2) is 11.5 Å². The van der Waals surface area contributed by atoms with Gasteiger partial charge in [0.2, 0.25) is 0 Å². The van der Waals surface area contributed by atoms with Gasteiger partial charge in [0.25, 0.3) is 0 Å². The van der Waals surface area contributed by atoms with Gasteiger partial charge in [-0.1, -0.05) is 54.6 Å². The Bertz CT molecular complexity index is 923. The van der Waals surface area contributed by atoms with Crippen molar-refractivity contribution < 1.29 is 24.7 Å². The molecule has 0 saturated heterocycles. The summed E-state index contributed by atoms with van der Waals surface area (Å²) in [6.45, 7) is 2.13. The van der Waals surface area contributed by atoms with Crippen molar-refractivity contribution in [2.45, 2.75) is 19.5 Å². The predicted molar refractivity (Wildman–Crippen MR) is 109 cm³/mol. The molecule has 0 aromatic heterocycles. The third-order valence-electron chi connectivity index (χ3n) is 4.67. The van der Waals surface area contributed by atoms with Crippen LogP contribution in [0, 0.1) is 0 Å². The number of hydrogen-bond acceptors (Lipinski definition) is 4. The van der Waals surface area contributed by atoms with Crippen molar-refractivity contribution in [3.63, 3.8) is 0 Å². The van der Waals surface area contributed by atoms with Crippen molar-refractivity contribution in [1.29, 1.82) is 0 Å². The topological polar surface area (TPSA) is 75.2 Å². The van der Waals surface area contributed by atoms with Crippen LogP contribution in [-0.2, 0) is 19.5 Å². The van der Waals surface area contributed by atoms with Gasteiger partial charge in [-0.3, -0.25) is 0 Å². The van der Waals surface area contributed by atoms with Crippen LogP contribution in [0.25, 0.3) is 0 Å². The van der Waals surface area contributed by atoms with Crippen LogP contribution < -0.4 is 19.9 Å². The molecule has 5 nitrogen and oxygen atoms in total. The van der Waals surface area contributed by atoms with Crippen LogP contribution in [-0.4, -0.2) is 19.7 Å². The average Bonchev–Trinajstić information content (AvgIpc) is 2.75. The fourth-order valence-corrected chi connectivity index (χ4v) is 3.06. The number of carbonyl (C=O) groups is 1. The lowest BCUT2D eigenvalue weighted by molar-refractivity contribution is -0.686. The second-order valence-electron chi connectivity index (χ2n) is 6.75. The zero-order chi connectivity index (χ0) is 20.5. The molecular formula is C24H25NO4. The number of methoxy groups -OCH3 is 1. The van der Waals surface area contributed by atoms with Crippen LogP contribution in [0.5, 0.6) is 11.5 Å². The Morgan fingerprint density at radius 2 is 1.55 bits per heavy atom. The first-order valence-corrected chi connectivity index (χ1v) is 9.61. The highest BCUT2D eigenvalue weighted by atomic mass is 16.5. The molecule has 0 heterocycles. The molecule has 0 aliphatic carbocycles. The SMILES string of the molecule is COc1cc(C[NH2+]Cc2ccc(C(=O)[O-])cc2)ccc1OCCc1ccccc1. The van der Waals surface area contributed by atoms with Crippen molar-refractivity contribution in [2.75, 3.05) is 13.7 Å². The van der Waals surface area contributed by atoms with Gasteiger partial charge in [-0.25, -0.2) is 0 Å². The molecule has 150 valence electrons. The van der Waals surface area contributed by atoms with Gasteiger partial charge in [0.05, 0.1) is 19.7 Å². The van der Waals surface area contributed by atoms with E-state index in [4.69, 9.17) is 9.47 Å². The van der Waals surface area contributed by atoms with E-state index in [-0.39, 0.29) is 5.56 Å². The summed E-state index contributed by atoms with van der Waals surface area (Å²) in [7, 11) is 1.64. The van der Waals surface area contributed by atoms with Gasteiger partial charge >= 0.3 is 0 Å². The number of rotatable bonds is 10. The molecule has 0 bridgehead atoms. The van der Waals surface area contributed by atoms with E-state index in [0.29, 0.717) is 6.61 Å². The molecular weight excluding hydrogens is 366 g/mol. The fraction of sp³-hybridized carbons (Fsp3) is 0.208. The average molecular weight is 391 g/mol. The van der Waals surface area contributed by atoms with Crippen LogP contribution in [0.15, 0.2) is 72.8 Å². The molecule has 0 fully saturated rings. The smallest absolute Gasteiger partial charge is 0.161 e. The van der Waals surface area contributed by atoms with Crippen molar-refractivity contribution in [2.24, 2.45) is 0 Å². The number of nitrogens with two attached hydrogens (primary N) is 1. The molecule has 0 saturated carbocycles. The molecule has 3 aromatic carbocycles. The third-order valence-corrected chi connectivity index (χ3v) is 4.67. The number of quaternary nitrogens is 1. The first-order valence-electron chi connectivity index (χ1n) is 9.61. The Morgan fingerprint density at radius 3 is 2.24 bits per heavy atom. The van der Waals surface area contributed by atoms with Crippen LogP contribution in [0.3, 0.4) is 0 Å². The standard InChI is InChI=1S/C24H25NO4/c1-28-23-15-20(17-25-16-19-7-10-21(11-8-19)24(26)27)9-12-22(23)29-14-13-18-5-3-2-4-6-18/h2-12,15,25H,13-14,16-17H2,1H3,(H,26,27). The third kappa shape index (κ3) is 6.09. The summed E-state index contributed by atoms with van der Waals surface area (Å²) < 4.78 is 11.4. The number of ether oxygens (including phenoxy) is 2. The summed E-state index contributed by atoms with van der Waals surface area (Å²) in [6, 6.07) is 23.0. The highest BCUT2D eigenvalue weighted by molar-refractivity contribution is 5.85. The van der Waals surface area contributed by atoms with Crippen LogP contribution in [0.2, 0.25) is 0 Å². The minimum absolute atomic E-state index is 0.196. The molecule has 0 radical (unpaired) electrons. The molecule has 0 unspecified atom stereocenters. The van der Waals surface area contributed by atoms with Gasteiger partial charge < -0.3 is 24.7 Å². The number of hydrogen-bond donors (Lipinski definition) is 1. The molecule has 3 rings (SSSR count). The van der Waals surface area contributed by atoms with E-state index >= 15 is 0 Å². The van der Waals surface area contributed by atoms with Gasteiger partial charge in [-0.05, 0) is 29.3 Å². The summed E-state index contributed by atoms with van der Waals surface area (Å²) in [4.78, 5) is 10.8. The molecule has 0 spiro atoms. The first kappa shape index (κ1) is 20.4. The molecule has 0 amide bonds. The highest BCUT2D eigenvalue weighted by Crippen LogP contribution is 2.28. The summed E-state index contributed by atoms with van der Waals surface area (Å²) in [5, 5.41) is 12.9. The van der Waals surface area contributed by atoms with E-state index in [1.807, 2.05) is 48.5 Å². The Kier molecular flexibility index (Phi) is 7.25. The summed E-state index contributed by atoms with van der Waals surface area (Å²) >= 11 is 0. The normalized spacial score (nSPS) is 10.5. The molecule has 5 heteroatoms. The zero-order valence-corrected chi connectivity index (χ0v) is 16.5. The number of carboxylic acid groups (broad SMARTS) is 1. The summed E-state index contributed by atoms with van der Waals surface area (Å²) in [5.41, 5.74) is 3.62. The molecule has 29 heavy (non-hydrogen) atoms. The van der Waals surface area contributed by atoms with Gasteiger partial charge in [0, 0.05) is 17.5 Å². The van der Waals surface area contributed by atoms with Crippen molar-refractivity contribution >= 4 is 5.97 Å². The molecule has 0 aliphatic rings. The second-order valence-corrected chi connectivity index (χ2v) is 6.75. The lowest BCUT2D eigenvalue weighted by atomic mass is 10.1. The van der Waals surface area contributed by atoms with Gasteiger partial charge in [-0.15, -0.1) is 0 Å². The van der Waals surface area contributed by atoms with Crippen LogP contribution in [0.4, 0.5) is 0 Å². The lowest BCUT2D eigenvalue weighted by Gasteiger charge is -2.12. The van der Waals surface area contributed by atoms with E-state index < -0.39 is 5.97 Å². The Balaban J connectivity index is 1.50. The monoisotopic (exact) mass is 391 g/mol. The minimum Gasteiger partial charge on any atom is -0.545 e. The van der Waals surface area contributed by atoms with Crippen LogP contribution >= 0.6 is 0 Å². The molecule has 2 N–H and O–H groups in total. The predicted octanol–water partition coefficient (Wildman–Crippen LogP) is 1.94. The van der Waals surface area contributed by atoms with Crippen molar-refractivity contribution in [1.82, 2.24) is 0 Å². The lowest BCUT2D eigenvalue weighted by Crippen LogP contribution is -2.80.